The molecule has 3 heterocycles. The van der Waals surface area contributed by atoms with E-state index in [0.29, 0.717) is 6.04 Å². The van der Waals surface area contributed by atoms with Gasteiger partial charge < -0.3 is 14.8 Å². The van der Waals surface area contributed by atoms with Crippen LogP contribution in [0.15, 0.2) is 61.1 Å². The second kappa shape index (κ2) is 8.10. The van der Waals surface area contributed by atoms with Crippen LogP contribution in [0.4, 0.5) is 5.82 Å². The van der Waals surface area contributed by atoms with Crippen molar-refractivity contribution in [3.05, 3.63) is 72.4 Å². The quantitative estimate of drug-likeness (QED) is 0.711. The lowest BCUT2D eigenvalue weighted by Crippen LogP contribution is -2.38. The third kappa shape index (κ3) is 3.91. The number of nitrogens with zero attached hydrogens (tertiary/aromatic N) is 5. The molecule has 1 atom stereocenters. The summed E-state index contributed by atoms with van der Waals surface area (Å²) in [5.74, 6) is 2.04. The van der Waals surface area contributed by atoms with Gasteiger partial charge in [-0.3, -0.25) is 0 Å². The maximum Gasteiger partial charge on any atom is 0.151 e. The van der Waals surface area contributed by atoms with E-state index < -0.39 is 0 Å². The molecule has 4 rings (SSSR count). The molecule has 6 nitrogen and oxygen atoms in total. The maximum absolute atomic E-state index is 4.52. The van der Waals surface area contributed by atoms with E-state index in [1.54, 1.807) is 6.20 Å². The first-order valence-electron chi connectivity index (χ1n) is 9.19. The van der Waals surface area contributed by atoms with Crippen LogP contribution < -0.4 is 10.2 Å². The van der Waals surface area contributed by atoms with E-state index in [0.717, 1.165) is 37.8 Å². The molecule has 1 unspecified atom stereocenters. The Morgan fingerprint density at radius 1 is 1.08 bits per heavy atom. The van der Waals surface area contributed by atoms with Gasteiger partial charge in [0, 0.05) is 44.3 Å². The van der Waals surface area contributed by atoms with Crippen molar-refractivity contribution in [1.29, 1.82) is 0 Å². The van der Waals surface area contributed by atoms with Gasteiger partial charge in [0.15, 0.2) is 5.82 Å². The molecular weight excluding hydrogens is 324 g/mol. The molecule has 2 aromatic heterocycles. The molecular formula is C20H24N6. The summed E-state index contributed by atoms with van der Waals surface area (Å²) < 4.78 is 2.21. The number of hydrogen-bond donors (Lipinski definition) is 1. The fourth-order valence-corrected chi connectivity index (χ4v) is 3.58. The highest BCUT2D eigenvalue weighted by atomic mass is 15.3. The van der Waals surface area contributed by atoms with Crippen LogP contribution in [0, 0.1) is 0 Å². The van der Waals surface area contributed by atoms with Crippen molar-refractivity contribution < 1.29 is 0 Å². The first kappa shape index (κ1) is 16.7. The molecule has 0 saturated carbocycles. The Morgan fingerprint density at radius 3 is 2.85 bits per heavy atom. The smallest absolute Gasteiger partial charge is 0.151 e. The number of benzene rings is 1. The van der Waals surface area contributed by atoms with Gasteiger partial charge in [-0.2, -0.15) is 5.10 Å². The molecule has 1 aliphatic heterocycles. The minimum atomic E-state index is 0.462. The van der Waals surface area contributed by atoms with E-state index in [1.807, 2.05) is 30.6 Å². The molecule has 0 spiro atoms. The molecule has 3 aromatic rings. The summed E-state index contributed by atoms with van der Waals surface area (Å²) in [5.41, 5.74) is 1.29. The lowest BCUT2D eigenvalue weighted by Gasteiger charge is -2.25. The van der Waals surface area contributed by atoms with Crippen LogP contribution in [0.25, 0.3) is 0 Å². The van der Waals surface area contributed by atoms with E-state index >= 15 is 0 Å². The van der Waals surface area contributed by atoms with Crippen LogP contribution in [0.5, 0.6) is 0 Å². The molecule has 6 heteroatoms. The molecule has 134 valence electrons. The molecule has 0 bridgehead atoms. The van der Waals surface area contributed by atoms with Crippen molar-refractivity contribution in [2.45, 2.75) is 32.0 Å². The first-order chi connectivity index (χ1) is 12.9. The van der Waals surface area contributed by atoms with E-state index in [9.17, 15) is 0 Å². The zero-order valence-electron chi connectivity index (χ0n) is 14.8. The van der Waals surface area contributed by atoms with Gasteiger partial charge >= 0.3 is 0 Å². The molecule has 1 saturated heterocycles. The van der Waals surface area contributed by atoms with E-state index in [1.165, 1.54) is 18.4 Å². The number of aromatic nitrogens is 4. The lowest BCUT2D eigenvalue weighted by atomic mass is 10.2. The zero-order valence-corrected chi connectivity index (χ0v) is 14.8. The van der Waals surface area contributed by atoms with Crippen molar-refractivity contribution in [3.63, 3.8) is 0 Å². The van der Waals surface area contributed by atoms with E-state index in [4.69, 9.17) is 0 Å². The molecule has 0 aliphatic carbocycles. The van der Waals surface area contributed by atoms with Gasteiger partial charge in [0.1, 0.15) is 5.82 Å². The molecule has 0 radical (unpaired) electrons. The fourth-order valence-electron chi connectivity index (χ4n) is 3.58. The Morgan fingerprint density at radius 2 is 2.00 bits per heavy atom. The predicted octanol–water partition coefficient (Wildman–Crippen LogP) is 2.48. The van der Waals surface area contributed by atoms with Crippen LogP contribution in [0.2, 0.25) is 0 Å². The van der Waals surface area contributed by atoms with Gasteiger partial charge in [-0.25, -0.2) is 4.98 Å². The molecule has 1 aliphatic rings. The third-order valence-electron chi connectivity index (χ3n) is 4.89. The van der Waals surface area contributed by atoms with Crippen LogP contribution in [-0.4, -0.2) is 38.9 Å². The Kier molecular flexibility index (Phi) is 5.21. The minimum absolute atomic E-state index is 0.462. The van der Waals surface area contributed by atoms with Crippen LogP contribution in [0.1, 0.15) is 24.2 Å². The molecule has 1 aromatic carbocycles. The molecule has 1 fully saturated rings. The van der Waals surface area contributed by atoms with Gasteiger partial charge in [-0.15, -0.1) is 5.10 Å². The third-order valence-corrected chi connectivity index (χ3v) is 4.89. The zero-order chi connectivity index (χ0) is 17.6. The van der Waals surface area contributed by atoms with Crippen molar-refractivity contribution >= 4 is 5.82 Å². The Bertz CT molecular complexity index is 801. The van der Waals surface area contributed by atoms with Crippen molar-refractivity contribution in [1.82, 2.24) is 25.1 Å². The van der Waals surface area contributed by atoms with E-state index in [-0.39, 0.29) is 0 Å². The summed E-state index contributed by atoms with van der Waals surface area (Å²) in [7, 11) is 0. The Balaban J connectivity index is 1.33. The van der Waals surface area contributed by atoms with Gasteiger partial charge in [0.05, 0.1) is 6.54 Å². The average molecular weight is 348 g/mol. The second-order valence-corrected chi connectivity index (χ2v) is 6.66. The Hall–Kier alpha value is -2.73. The van der Waals surface area contributed by atoms with Crippen LogP contribution >= 0.6 is 0 Å². The highest BCUT2D eigenvalue weighted by Gasteiger charge is 2.25. The number of imidazole rings is 1. The number of rotatable bonds is 7. The summed E-state index contributed by atoms with van der Waals surface area (Å²) in [6.07, 6.45) is 8.03. The van der Waals surface area contributed by atoms with Crippen molar-refractivity contribution in [3.8, 4) is 0 Å². The highest BCUT2D eigenvalue weighted by Crippen LogP contribution is 2.22. The largest absolute Gasteiger partial charge is 0.351 e. The lowest BCUT2D eigenvalue weighted by molar-refractivity contribution is 0.548. The molecule has 26 heavy (non-hydrogen) atoms. The normalized spacial score (nSPS) is 16.9. The van der Waals surface area contributed by atoms with E-state index in [2.05, 4.69) is 54.2 Å². The molecule has 0 amide bonds. The minimum Gasteiger partial charge on any atom is -0.351 e. The fraction of sp³-hybridized carbons (Fsp3) is 0.350. The van der Waals surface area contributed by atoms with Crippen LogP contribution in [0.3, 0.4) is 0 Å². The van der Waals surface area contributed by atoms with Crippen LogP contribution in [-0.2, 0) is 13.1 Å². The SMILES string of the molecule is c1ccc(Cn2ccnc2CNCC2CCCN2c2cccnn2)cc1. The number of nitrogens with one attached hydrogen (secondary N) is 1. The number of hydrogen-bond acceptors (Lipinski definition) is 5. The summed E-state index contributed by atoms with van der Waals surface area (Å²) in [6.45, 7) is 3.60. The summed E-state index contributed by atoms with van der Waals surface area (Å²) >= 11 is 0. The highest BCUT2D eigenvalue weighted by molar-refractivity contribution is 5.39. The first-order valence-corrected chi connectivity index (χ1v) is 9.19. The topological polar surface area (TPSA) is 58.9 Å². The van der Waals surface area contributed by atoms with Crippen molar-refractivity contribution in [2.75, 3.05) is 18.0 Å². The monoisotopic (exact) mass is 348 g/mol. The summed E-state index contributed by atoms with van der Waals surface area (Å²) in [5, 5.41) is 11.9. The summed E-state index contributed by atoms with van der Waals surface area (Å²) in [4.78, 5) is 6.88. The van der Waals surface area contributed by atoms with Gasteiger partial charge in [0.2, 0.25) is 0 Å². The summed E-state index contributed by atoms with van der Waals surface area (Å²) in [6, 6.07) is 14.9. The van der Waals surface area contributed by atoms with Gasteiger partial charge in [-0.05, 0) is 30.5 Å². The van der Waals surface area contributed by atoms with Gasteiger partial charge in [0.25, 0.3) is 0 Å². The average Bonchev–Trinajstić information content (AvgIpc) is 3.33. The van der Waals surface area contributed by atoms with Gasteiger partial charge in [-0.1, -0.05) is 30.3 Å². The van der Waals surface area contributed by atoms with Crippen molar-refractivity contribution in [2.24, 2.45) is 0 Å². The number of anilines is 1. The standard InChI is InChI=1S/C20H24N6/c1-2-6-17(7-3-1)16-25-13-11-22-20(25)15-21-14-18-8-5-12-26(18)19-9-4-10-23-24-19/h1-4,6-7,9-11,13,18,21H,5,8,12,14-16H2. The Labute approximate surface area is 153 Å². The predicted molar refractivity (Wildman–Crippen MR) is 102 cm³/mol. The molecule has 1 N–H and O–H groups in total. The second-order valence-electron chi connectivity index (χ2n) is 6.66. The maximum atomic E-state index is 4.52.